The van der Waals surface area contributed by atoms with E-state index in [1.165, 1.54) is 24.3 Å². The molecule has 0 unspecified atom stereocenters. The van der Waals surface area contributed by atoms with E-state index in [0.717, 1.165) is 6.08 Å². The predicted molar refractivity (Wildman–Crippen MR) is 55.6 cm³/mol. The molecule has 1 amide bonds. The van der Waals surface area contributed by atoms with Crippen molar-refractivity contribution in [2.24, 2.45) is 0 Å². The Morgan fingerprint density at radius 2 is 1.93 bits per heavy atom. The average molecular weight is 205 g/mol. The summed E-state index contributed by atoms with van der Waals surface area (Å²) in [6.07, 6.45) is 1.15. The molecule has 4 heteroatoms. The molecule has 0 aliphatic heterocycles. The van der Waals surface area contributed by atoms with Crippen LogP contribution in [0.1, 0.15) is 10.4 Å². The van der Waals surface area contributed by atoms with Gasteiger partial charge < -0.3 is 10.4 Å². The number of phenolic OH excluding ortho intramolecular Hbond substituents is 1. The smallest absolute Gasteiger partial charge is 0.251 e. The van der Waals surface area contributed by atoms with Crippen molar-refractivity contribution < 1.29 is 14.7 Å². The molecule has 0 bridgehead atoms. The molecule has 4 nitrogen and oxygen atoms in total. The second-order valence-electron chi connectivity index (χ2n) is 2.90. The molecule has 0 radical (unpaired) electrons. The monoisotopic (exact) mass is 205 g/mol. The number of carbonyl (C=O) groups is 2. The Hall–Kier alpha value is -2.10. The first kappa shape index (κ1) is 11.0. The predicted octanol–water partition coefficient (Wildman–Crippen LogP) is 0.877. The molecule has 0 heterocycles. The highest BCUT2D eigenvalue weighted by Crippen LogP contribution is 2.09. The molecular formula is C11H11NO3. The zero-order valence-electron chi connectivity index (χ0n) is 8.06. The molecule has 1 aromatic carbocycles. The largest absolute Gasteiger partial charge is 0.508 e. The number of hydrogen-bond acceptors (Lipinski definition) is 3. The second-order valence-corrected chi connectivity index (χ2v) is 2.90. The van der Waals surface area contributed by atoms with Gasteiger partial charge in [0.05, 0.1) is 6.54 Å². The fourth-order valence-corrected chi connectivity index (χ4v) is 0.954. The van der Waals surface area contributed by atoms with Crippen molar-refractivity contribution in [3.63, 3.8) is 0 Å². The normalized spacial score (nSPS) is 9.33. The molecule has 0 aliphatic rings. The summed E-state index contributed by atoms with van der Waals surface area (Å²) in [7, 11) is 0. The lowest BCUT2D eigenvalue weighted by atomic mass is 10.2. The quantitative estimate of drug-likeness (QED) is 0.717. The molecule has 0 fully saturated rings. The van der Waals surface area contributed by atoms with Crippen LogP contribution < -0.4 is 5.32 Å². The molecule has 0 aliphatic carbocycles. The molecule has 15 heavy (non-hydrogen) atoms. The SMILES string of the molecule is C=CC(=O)CNC(=O)c1ccc(O)cc1. The van der Waals surface area contributed by atoms with E-state index in [-0.39, 0.29) is 24.0 Å². The number of phenols is 1. The molecule has 1 rings (SSSR count). The van der Waals surface area contributed by atoms with Gasteiger partial charge in [-0.25, -0.2) is 0 Å². The van der Waals surface area contributed by atoms with E-state index >= 15 is 0 Å². The van der Waals surface area contributed by atoms with Gasteiger partial charge in [0.2, 0.25) is 0 Å². The molecule has 2 N–H and O–H groups in total. The van der Waals surface area contributed by atoms with Crippen LogP contribution in [0.5, 0.6) is 5.75 Å². The Morgan fingerprint density at radius 3 is 2.47 bits per heavy atom. The molecular weight excluding hydrogens is 194 g/mol. The van der Waals surface area contributed by atoms with Crippen LogP contribution in [-0.2, 0) is 4.79 Å². The van der Waals surface area contributed by atoms with Crippen molar-refractivity contribution in [1.82, 2.24) is 5.32 Å². The number of benzene rings is 1. The summed E-state index contributed by atoms with van der Waals surface area (Å²) in [5.41, 5.74) is 0.393. The van der Waals surface area contributed by atoms with Gasteiger partial charge in [-0.1, -0.05) is 6.58 Å². The highest BCUT2D eigenvalue weighted by atomic mass is 16.3. The lowest BCUT2D eigenvalue weighted by Gasteiger charge is -2.02. The number of ketones is 1. The van der Waals surface area contributed by atoms with Crippen LogP contribution >= 0.6 is 0 Å². The zero-order chi connectivity index (χ0) is 11.3. The first-order chi connectivity index (χ1) is 7.13. The van der Waals surface area contributed by atoms with Crippen LogP contribution in [0.15, 0.2) is 36.9 Å². The van der Waals surface area contributed by atoms with Gasteiger partial charge in [-0.05, 0) is 30.3 Å². The second kappa shape index (κ2) is 4.95. The highest BCUT2D eigenvalue weighted by Gasteiger charge is 2.05. The van der Waals surface area contributed by atoms with Gasteiger partial charge in [-0.15, -0.1) is 0 Å². The Kier molecular flexibility index (Phi) is 3.62. The van der Waals surface area contributed by atoms with Gasteiger partial charge in [0.1, 0.15) is 5.75 Å². The maximum Gasteiger partial charge on any atom is 0.251 e. The first-order valence-electron chi connectivity index (χ1n) is 4.36. The lowest BCUT2D eigenvalue weighted by molar-refractivity contribution is -0.113. The molecule has 78 valence electrons. The summed E-state index contributed by atoms with van der Waals surface area (Å²) in [5.74, 6) is -0.513. The van der Waals surface area contributed by atoms with Crippen LogP contribution in [0.4, 0.5) is 0 Å². The molecule has 0 saturated carbocycles. The van der Waals surface area contributed by atoms with Gasteiger partial charge >= 0.3 is 0 Å². The van der Waals surface area contributed by atoms with Crippen molar-refractivity contribution in [3.8, 4) is 5.75 Å². The number of nitrogens with one attached hydrogen (secondary N) is 1. The minimum absolute atomic E-state index is 0.0663. The molecule has 0 aromatic heterocycles. The van der Waals surface area contributed by atoms with E-state index in [4.69, 9.17) is 5.11 Å². The Labute approximate surface area is 87.2 Å². The number of hydrogen-bond donors (Lipinski definition) is 2. The van der Waals surface area contributed by atoms with Crippen molar-refractivity contribution >= 4 is 11.7 Å². The van der Waals surface area contributed by atoms with E-state index in [9.17, 15) is 9.59 Å². The van der Waals surface area contributed by atoms with Gasteiger partial charge in [-0.3, -0.25) is 9.59 Å². The summed E-state index contributed by atoms with van der Waals surface area (Å²) in [6.45, 7) is 3.22. The highest BCUT2D eigenvalue weighted by molar-refractivity contribution is 5.99. The van der Waals surface area contributed by atoms with Crippen LogP contribution in [0.25, 0.3) is 0 Å². The van der Waals surface area contributed by atoms with Gasteiger partial charge in [-0.2, -0.15) is 0 Å². The standard InChI is InChI=1S/C11H11NO3/c1-2-9(13)7-12-11(15)8-3-5-10(14)6-4-8/h2-6,14H,1,7H2,(H,12,15). The maximum atomic E-state index is 11.4. The van der Waals surface area contributed by atoms with Crippen molar-refractivity contribution in [2.45, 2.75) is 0 Å². The van der Waals surface area contributed by atoms with E-state index in [2.05, 4.69) is 11.9 Å². The van der Waals surface area contributed by atoms with Gasteiger partial charge in [0.15, 0.2) is 5.78 Å². The maximum absolute atomic E-state index is 11.4. The fourth-order valence-electron chi connectivity index (χ4n) is 0.954. The summed E-state index contributed by atoms with van der Waals surface area (Å²) in [6, 6.07) is 5.76. The zero-order valence-corrected chi connectivity index (χ0v) is 8.06. The van der Waals surface area contributed by atoms with Crippen LogP contribution in [0.2, 0.25) is 0 Å². The summed E-state index contributed by atoms with van der Waals surface area (Å²) >= 11 is 0. The van der Waals surface area contributed by atoms with Crippen molar-refractivity contribution in [2.75, 3.05) is 6.54 Å². The number of rotatable bonds is 4. The topological polar surface area (TPSA) is 66.4 Å². The minimum atomic E-state index is -0.356. The van der Waals surface area contributed by atoms with Crippen LogP contribution in [0.3, 0.4) is 0 Å². The van der Waals surface area contributed by atoms with E-state index in [1.807, 2.05) is 0 Å². The van der Waals surface area contributed by atoms with E-state index in [1.54, 1.807) is 0 Å². The first-order valence-corrected chi connectivity index (χ1v) is 4.36. The van der Waals surface area contributed by atoms with E-state index in [0.29, 0.717) is 5.56 Å². The summed E-state index contributed by atoms with van der Waals surface area (Å²) in [4.78, 5) is 22.2. The Balaban J connectivity index is 2.57. The lowest BCUT2D eigenvalue weighted by Crippen LogP contribution is -2.28. The number of carbonyl (C=O) groups excluding carboxylic acids is 2. The third-order valence-corrected chi connectivity index (χ3v) is 1.78. The molecule has 0 atom stereocenters. The van der Waals surface area contributed by atoms with Gasteiger partial charge in [0.25, 0.3) is 5.91 Å². The van der Waals surface area contributed by atoms with Gasteiger partial charge in [0, 0.05) is 5.56 Å². The molecule has 0 spiro atoms. The third kappa shape index (κ3) is 3.27. The summed E-state index contributed by atoms with van der Waals surface area (Å²) in [5, 5.41) is 11.4. The average Bonchev–Trinajstić information content (AvgIpc) is 2.26. The number of aromatic hydroxyl groups is 1. The van der Waals surface area contributed by atoms with E-state index < -0.39 is 0 Å². The fraction of sp³-hybridized carbons (Fsp3) is 0.0909. The molecule has 0 saturated heterocycles. The van der Waals surface area contributed by atoms with Crippen molar-refractivity contribution in [1.29, 1.82) is 0 Å². The van der Waals surface area contributed by atoms with Crippen LogP contribution in [0, 0.1) is 0 Å². The third-order valence-electron chi connectivity index (χ3n) is 1.78. The minimum Gasteiger partial charge on any atom is -0.508 e. The Morgan fingerprint density at radius 1 is 1.33 bits per heavy atom. The van der Waals surface area contributed by atoms with Crippen LogP contribution in [-0.4, -0.2) is 23.3 Å². The van der Waals surface area contributed by atoms with Crippen molar-refractivity contribution in [3.05, 3.63) is 42.5 Å². The summed E-state index contributed by atoms with van der Waals surface area (Å²) < 4.78 is 0. The number of amides is 1. The molecule has 1 aromatic rings. The Bertz CT molecular complexity index is 381.